The zero-order valence-corrected chi connectivity index (χ0v) is 18.0. The minimum absolute atomic E-state index is 0.0361. The van der Waals surface area contributed by atoms with Crippen molar-refractivity contribution in [1.82, 2.24) is 9.88 Å². The average molecular weight is 504 g/mol. The van der Waals surface area contributed by atoms with Gasteiger partial charge in [0.05, 0.1) is 6.20 Å². The lowest BCUT2D eigenvalue weighted by molar-refractivity contribution is -0.129. The Morgan fingerprint density at radius 1 is 0.941 bits per heavy atom. The van der Waals surface area contributed by atoms with Crippen LogP contribution in [-0.2, 0) is 10.3 Å². The third-order valence-corrected chi connectivity index (χ3v) is 6.48. The van der Waals surface area contributed by atoms with Gasteiger partial charge in [-0.15, -0.1) is 0 Å². The standard InChI is InChI=1S/C21H15F7N4OS/c1-32-19(33)21(31-20(32)29,13-3-2-4-16(8-13)34(24,25,26,27)28)14-5-6-18(23)17(9-14)12-7-15(22)11-30-10-12/h2-11H,1H3,(H2,29,31). The lowest BCUT2D eigenvalue weighted by Gasteiger charge is -2.41. The van der Waals surface area contributed by atoms with Gasteiger partial charge in [-0.2, -0.15) is 0 Å². The number of aliphatic imine (C=N–C) groups is 1. The summed E-state index contributed by atoms with van der Waals surface area (Å²) in [5.41, 5.74) is 2.40. The van der Waals surface area contributed by atoms with Gasteiger partial charge in [0.15, 0.2) is 11.5 Å². The summed E-state index contributed by atoms with van der Waals surface area (Å²) >= 11 is 0. The van der Waals surface area contributed by atoms with Crippen molar-refractivity contribution in [2.45, 2.75) is 10.4 Å². The van der Waals surface area contributed by atoms with Crippen molar-refractivity contribution in [2.75, 3.05) is 7.05 Å². The molecule has 0 saturated carbocycles. The van der Waals surface area contributed by atoms with Crippen LogP contribution in [0.1, 0.15) is 11.1 Å². The van der Waals surface area contributed by atoms with Crippen LogP contribution in [0.25, 0.3) is 11.1 Å². The van der Waals surface area contributed by atoms with Crippen molar-refractivity contribution in [3.05, 3.63) is 83.7 Å². The maximum atomic E-state index is 14.6. The number of carbonyl (C=O) groups is 1. The summed E-state index contributed by atoms with van der Waals surface area (Å²) in [5, 5.41) is 0. The largest absolute Gasteiger partial charge is 0.369 e. The normalized spacial score (nSPS) is 20.6. The Balaban J connectivity index is 2.02. The zero-order chi connectivity index (χ0) is 25.2. The number of amides is 1. The van der Waals surface area contributed by atoms with E-state index in [-0.39, 0.29) is 28.8 Å². The van der Waals surface area contributed by atoms with Crippen LogP contribution in [0.2, 0.25) is 0 Å². The summed E-state index contributed by atoms with van der Waals surface area (Å²) < 4.78 is 95.9. The van der Waals surface area contributed by atoms with Crippen LogP contribution >= 0.6 is 10.2 Å². The summed E-state index contributed by atoms with van der Waals surface area (Å²) in [7, 11) is -8.93. The predicted molar refractivity (Wildman–Crippen MR) is 113 cm³/mol. The van der Waals surface area contributed by atoms with Crippen LogP contribution in [0, 0.1) is 11.6 Å². The van der Waals surface area contributed by atoms with Gasteiger partial charge in [0.25, 0.3) is 5.91 Å². The number of hydrogen-bond donors (Lipinski definition) is 1. The number of aromatic nitrogens is 1. The molecule has 1 aromatic heterocycles. The van der Waals surface area contributed by atoms with E-state index in [1.807, 2.05) is 0 Å². The van der Waals surface area contributed by atoms with Gasteiger partial charge in [0.1, 0.15) is 16.5 Å². The third-order valence-electron chi connectivity index (χ3n) is 5.34. The van der Waals surface area contributed by atoms with Crippen molar-refractivity contribution in [3.63, 3.8) is 0 Å². The highest BCUT2D eigenvalue weighted by Crippen LogP contribution is 3.02. The second-order valence-corrected chi connectivity index (χ2v) is 10.0. The summed E-state index contributed by atoms with van der Waals surface area (Å²) in [4.78, 5) is 19.5. The first-order valence-corrected chi connectivity index (χ1v) is 11.4. The third kappa shape index (κ3) is 3.85. The zero-order valence-electron chi connectivity index (χ0n) is 17.2. The first-order chi connectivity index (χ1) is 15.5. The van der Waals surface area contributed by atoms with Crippen LogP contribution in [0.15, 0.2) is 70.8 Å². The monoisotopic (exact) mass is 504 g/mol. The molecule has 1 atom stereocenters. The van der Waals surface area contributed by atoms with Gasteiger partial charge < -0.3 is 5.73 Å². The highest BCUT2D eigenvalue weighted by atomic mass is 32.5. The molecule has 2 N–H and O–H groups in total. The molecule has 1 unspecified atom stereocenters. The van der Waals surface area contributed by atoms with Gasteiger partial charge in [-0.05, 0) is 41.5 Å². The van der Waals surface area contributed by atoms with Crippen LogP contribution in [-0.4, -0.2) is 28.8 Å². The maximum Gasteiger partial charge on any atom is 0.310 e. The molecule has 13 heteroatoms. The average Bonchev–Trinajstić information content (AvgIpc) is 2.97. The lowest BCUT2D eigenvalue weighted by Crippen LogP contribution is -2.41. The number of pyridine rings is 1. The van der Waals surface area contributed by atoms with Crippen LogP contribution in [0.4, 0.5) is 28.2 Å². The number of rotatable bonds is 4. The molecule has 180 valence electrons. The fourth-order valence-electron chi connectivity index (χ4n) is 3.68. The number of carbonyl (C=O) groups excluding carboxylic acids is 1. The number of nitrogens with two attached hydrogens (primary N) is 1. The summed E-state index contributed by atoms with van der Waals surface area (Å²) in [6.45, 7) is 0. The Bertz CT molecular complexity index is 1380. The minimum Gasteiger partial charge on any atom is -0.369 e. The molecule has 0 saturated heterocycles. The van der Waals surface area contributed by atoms with Crippen molar-refractivity contribution < 1.29 is 33.0 Å². The molecule has 0 bridgehead atoms. The van der Waals surface area contributed by atoms with Gasteiger partial charge in [0, 0.05) is 24.4 Å². The van der Waals surface area contributed by atoms with E-state index in [1.165, 1.54) is 7.05 Å². The number of hydrogen-bond acceptors (Lipinski definition) is 4. The molecule has 34 heavy (non-hydrogen) atoms. The van der Waals surface area contributed by atoms with Gasteiger partial charge in [-0.25, -0.2) is 13.8 Å². The summed E-state index contributed by atoms with van der Waals surface area (Å²) in [5.74, 6) is -3.01. The molecule has 0 fully saturated rings. The number of nitrogens with zero attached hydrogens (tertiary/aromatic N) is 3. The van der Waals surface area contributed by atoms with Crippen LogP contribution < -0.4 is 5.73 Å². The fourth-order valence-corrected chi connectivity index (χ4v) is 4.36. The molecule has 3 aromatic rings. The summed E-state index contributed by atoms with van der Waals surface area (Å²) in [6, 6.07) is 6.00. The van der Waals surface area contributed by atoms with E-state index < -0.39 is 49.7 Å². The molecule has 5 nitrogen and oxygen atoms in total. The van der Waals surface area contributed by atoms with Gasteiger partial charge in [0.2, 0.25) is 0 Å². The summed E-state index contributed by atoms with van der Waals surface area (Å²) in [6.07, 6.45) is 2.01. The second kappa shape index (κ2) is 6.72. The molecule has 1 aliphatic rings. The molecule has 2 aromatic carbocycles. The molecule has 0 aliphatic carbocycles. The molecule has 0 radical (unpaired) electrons. The SMILES string of the molecule is CN1C(=O)C(c2cccc(S(F)(F)(F)(F)F)c2)(c2ccc(F)c(-c3cncc(F)c3)c2)N=C1N. The van der Waals surface area contributed by atoms with E-state index in [1.54, 1.807) is 0 Å². The maximum absolute atomic E-state index is 14.6. The van der Waals surface area contributed by atoms with E-state index in [9.17, 15) is 33.0 Å². The number of benzene rings is 2. The first kappa shape index (κ1) is 23.5. The fraction of sp³-hybridized carbons (Fsp3) is 0.0952. The van der Waals surface area contributed by atoms with Crippen LogP contribution in [0.5, 0.6) is 0 Å². The van der Waals surface area contributed by atoms with E-state index >= 15 is 0 Å². The van der Waals surface area contributed by atoms with E-state index in [0.29, 0.717) is 6.07 Å². The highest BCUT2D eigenvalue weighted by Gasteiger charge is 2.66. The van der Waals surface area contributed by atoms with Crippen molar-refractivity contribution in [2.24, 2.45) is 10.7 Å². The number of halogens is 7. The van der Waals surface area contributed by atoms with E-state index in [0.717, 1.165) is 47.6 Å². The second-order valence-electron chi connectivity index (χ2n) is 7.63. The lowest BCUT2D eigenvalue weighted by atomic mass is 9.81. The van der Waals surface area contributed by atoms with Gasteiger partial charge >= 0.3 is 10.2 Å². The van der Waals surface area contributed by atoms with E-state index in [2.05, 4.69) is 9.98 Å². The Kier molecular flexibility index (Phi) is 4.65. The van der Waals surface area contributed by atoms with Crippen molar-refractivity contribution >= 4 is 22.1 Å². The van der Waals surface area contributed by atoms with Gasteiger partial charge in [-0.1, -0.05) is 37.6 Å². The Morgan fingerprint density at radius 3 is 2.21 bits per heavy atom. The molecule has 1 amide bonds. The number of likely N-dealkylation sites (N-methyl/N-ethyl adjacent to an activating group) is 1. The van der Waals surface area contributed by atoms with Crippen molar-refractivity contribution in [3.8, 4) is 11.1 Å². The molecule has 0 spiro atoms. The minimum atomic E-state index is -10.1. The Morgan fingerprint density at radius 2 is 1.62 bits per heavy atom. The predicted octanol–water partition coefficient (Wildman–Crippen LogP) is 5.71. The molecule has 4 rings (SSSR count). The first-order valence-electron chi connectivity index (χ1n) is 9.42. The van der Waals surface area contributed by atoms with E-state index in [4.69, 9.17) is 5.73 Å². The highest BCUT2D eigenvalue weighted by molar-refractivity contribution is 8.45. The van der Waals surface area contributed by atoms with Crippen molar-refractivity contribution in [1.29, 1.82) is 0 Å². The Labute approximate surface area is 188 Å². The molecule has 2 heterocycles. The van der Waals surface area contributed by atoms with Crippen LogP contribution in [0.3, 0.4) is 0 Å². The molecular weight excluding hydrogens is 489 g/mol. The topological polar surface area (TPSA) is 71.6 Å². The molecular formula is C21H15F7N4OS. The van der Waals surface area contributed by atoms with Gasteiger partial charge in [-0.3, -0.25) is 14.7 Å². The Hall–Kier alpha value is -3.61. The quantitative estimate of drug-likeness (QED) is 0.463. The smallest absolute Gasteiger partial charge is 0.310 e. The number of guanidine groups is 1. The molecule has 1 aliphatic heterocycles.